The van der Waals surface area contributed by atoms with Gasteiger partial charge in [-0.25, -0.2) is 4.79 Å². The standard InChI is InChI=1S/C23H38O2/c1-21(2,3)19(20(24)25)18(15-10-8-7-9-11-15)17-14-16-12-13-23(17,6)22(16,4)5/h15-17H,7-14H2,1-6H3,(H,24,25). The van der Waals surface area contributed by atoms with Gasteiger partial charge in [-0.1, -0.05) is 66.4 Å². The molecule has 0 heterocycles. The van der Waals surface area contributed by atoms with Crippen molar-refractivity contribution in [3.63, 3.8) is 0 Å². The molecule has 0 aromatic heterocycles. The molecule has 0 spiro atoms. The molecule has 0 aromatic carbocycles. The van der Waals surface area contributed by atoms with Crippen LogP contribution in [0, 0.1) is 34.0 Å². The smallest absolute Gasteiger partial charge is 0.332 e. The van der Waals surface area contributed by atoms with Crippen molar-refractivity contribution >= 4 is 5.97 Å². The fraction of sp³-hybridized carbons (Fsp3) is 0.870. The first-order valence-corrected chi connectivity index (χ1v) is 10.5. The second-order valence-electron chi connectivity index (χ2n) is 10.9. The molecule has 25 heavy (non-hydrogen) atoms. The molecule has 2 bridgehead atoms. The number of allylic oxidation sites excluding steroid dienone is 1. The van der Waals surface area contributed by atoms with Crippen LogP contribution in [0.3, 0.4) is 0 Å². The largest absolute Gasteiger partial charge is 0.478 e. The summed E-state index contributed by atoms with van der Waals surface area (Å²) < 4.78 is 0. The average molecular weight is 347 g/mol. The fourth-order valence-corrected chi connectivity index (χ4v) is 6.63. The normalized spacial score (nSPS) is 36.4. The van der Waals surface area contributed by atoms with Gasteiger partial charge in [0.05, 0.1) is 0 Å². The zero-order chi connectivity index (χ0) is 18.6. The van der Waals surface area contributed by atoms with Crippen molar-refractivity contribution in [2.45, 2.75) is 92.9 Å². The fourth-order valence-electron chi connectivity index (χ4n) is 6.63. The van der Waals surface area contributed by atoms with Gasteiger partial charge in [0, 0.05) is 5.57 Å². The molecular formula is C23H38O2. The molecule has 0 aromatic rings. The van der Waals surface area contributed by atoms with Crippen LogP contribution in [0.2, 0.25) is 0 Å². The number of aliphatic carboxylic acids is 1. The highest BCUT2D eigenvalue weighted by Crippen LogP contribution is 2.70. The maximum absolute atomic E-state index is 12.4. The Balaban J connectivity index is 2.14. The predicted octanol–water partition coefficient (Wildman–Crippen LogP) is 6.46. The average Bonchev–Trinajstić information content (AvgIpc) is 2.84. The molecule has 3 aliphatic rings. The van der Waals surface area contributed by atoms with Crippen molar-refractivity contribution in [1.82, 2.24) is 0 Å². The Morgan fingerprint density at radius 3 is 2.00 bits per heavy atom. The Kier molecular flexibility index (Phi) is 4.66. The van der Waals surface area contributed by atoms with Crippen LogP contribution in [0.15, 0.2) is 11.1 Å². The van der Waals surface area contributed by atoms with Crippen LogP contribution in [0.25, 0.3) is 0 Å². The SMILES string of the molecule is CC(C)(C)C(C(=O)O)=C(C1CCCCC1)C1CC2CCC1(C)C2(C)C. The van der Waals surface area contributed by atoms with E-state index in [2.05, 4.69) is 41.5 Å². The topological polar surface area (TPSA) is 37.3 Å². The maximum atomic E-state index is 12.4. The highest BCUT2D eigenvalue weighted by molar-refractivity contribution is 5.89. The quantitative estimate of drug-likeness (QED) is 0.596. The molecule has 2 heteroatoms. The van der Waals surface area contributed by atoms with Crippen LogP contribution in [-0.2, 0) is 4.79 Å². The first-order valence-electron chi connectivity index (χ1n) is 10.5. The van der Waals surface area contributed by atoms with Gasteiger partial charge in [0.2, 0.25) is 0 Å². The third kappa shape index (κ3) is 2.88. The third-order valence-corrected chi connectivity index (χ3v) is 8.47. The summed E-state index contributed by atoms with van der Waals surface area (Å²) in [5.74, 6) is 1.05. The van der Waals surface area contributed by atoms with E-state index in [4.69, 9.17) is 0 Å². The highest BCUT2D eigenvalue weighted by Gasteiger charge is 2.62. The molecule has 142 valence electrons. The van der Waals surface area contributed by atoms with Crippen LogP contribution in [0.5, 0.6) is 0 Å². The van der Waals surface area contributed by atoms with Gasteiger partial charge < -0.3 is 5.11 Å². The van der Waals surface area contributed by atoms with Gasteiger partial charge in [0.15, 0.2) is 0 Å². The molecule has 3 rings (SSSR count). The number of rotatable bonds is 3. The Labute approximate surface area is 154 Å². The van der Waals surface area contributed by atoms with Crippen LogP contribution < -0.4 is 0 Å². The Bertz CT molecular complexity index is 571. The van der Waals surface area contributed by atoms with Crippen LogP contribution in [0.4, 0.5) is 0 Å². The number of hydrogen-bond acceptors (Lipinski definition) is 1. The second-order valence-corrected chi connectivity index (χ2v) is 10.9. The molecule has 0 amide bonds. The monoisotopic (exact) mass is 346 g/mol. The number of carboxylic acid groups (broad SMARTS) is 1. The van der Waals surface area contributed by atoms with Crippen molar-refractivity contribution in [1.29, 1.82) is 0 Å². The maximum Gasteiger partial charge on any atom is 0.332 e. The molecule has 0 saturated heterocycles. The molecule has 0 radical (unpaired) electrons. The third-order valence-electron chi connectivity index (χ3n) is 8.47. The van der Waals surface area contributed by atoms with Gasteiger partial charge >= 0.3 is 5.97 Å². The van der Waals surface area contributed by atoms with Crippen molar-refractivity contribution in [3.05, 3.63) is 11.1 Å². The van der Waals surface area contributed by atoms with Gasteiger partial charge in [0.1, 0.15) is 0 Å². The van der Waals surface area contributed by atoms with Crippen molar-refractivity contribution < 1.29 is 9.90 Å². The van der Waals surface area contributed by atoms with E-state index in [1.807, 2.05) is 0 Å². The molecule has 3 aliphatic carbocycles. The van der Waals surface area contributed by atoms with Crippen LogP contribution in [0.1, 0.15) is 92.9 Å². The zero-order valence-electron chi connectivity index (χ0n) is 17.2. The Morgan fingerprint density at radius 2 is 1.60 bits per heavy atom. The summed E-state index contributed by atoms with van der Waals surface area (Å²) in [6.07, 6.45) is 10.0. The molecule has 2 nitrogen and oxygen atoms in total. The van der Waals surface area contributed by atoms with E-state index in [1.165, 1.54) is 56.9 Å². The van der Waals surface area contributed by atoms with Crippen molar-refractivity contribution in [3.8, 4) is 0 Å². The Hall–Kier alpha value is -0.790. The minimum absolute atomic E-state index is 0.260. The molecule has 0 aliphatic heterocycles. The minimum atomic E-state index is -0.669. The van der Waals surface area contributed by atoms with Crippen LogP contribution >= 0.6 is 0 Å². The first-order chi connectivity index (χ1) is 11.5. The van der Waals surface area contributed by atoms with Gasteiger partial charge in [-0.2, -0.15) is 0 Å². The number of carboxylic acids is 1. The van der Waals surface area contributed by atoms with E-state index in [9.17, 15) is 9.90 Å². The van der Waals surface area contributed by atoms with E-state index < -0.39 is 5.97 Å². The first kappa shape index (κ1) is 19.0. The highest BCUT2D eigenvalue weighted by atomic mass is 16.4. The summed E-state index contributed by atoms with van der Waals surface area (Å²) in [4.78, 5) is 12.4. The number of fused-ring (bicyclic) bond motifs is 2. The van der Waals surface area contributed by atoms with E-state index in [1.54, 1.807) is 0 Å². The molecule has 3 saturated carbocycles. The summed E-state index contributed by atoms with van der Waals surface area (Å²) in [5.41, 5.74) is 2.41. The van der Waals surface area contributed by atoms with E-state index in [-0.39, 0.29) is 10.8 Å². The molecule has 3 atom stereocenters. The van der Waals surface area contributed by atoms with Gasteiger partial charge in [-0.15, -0.1) is 0 Å². The lowest BCUT2D eigenvalue weighted by molar-refractivity contribution is -0.134. The van der Waals surface area contributed by atoms with E-state index >= 15 is 0 Å². The van der Waals surface area contributed by atoms with Gasteiger partial charge in [0.25, 0.3) is 0 Å². The lowest BCUT2D eigenvalue weighted by Gasteiger charge is -2.44. The zero-order valence-corrected chi connectivity index (χ0v) is 17.2. The van der Waals surface area contributed by atoms with Crippen molar-refractivity contribution in [2.24, 2.45) is 34.0 Å². The molecular weight excluding hydrogens is 308 g/mol. The minimum Gasteiger partial charge on any atom is -0.478 e. The van der Waals surface area contributed by atoms with E-state index in [0.29, 0.717) is 17.3 Å². The summed E-state index contributed by atoms with van der Waals surface area (Å²) in [5, 5.41) is 10.2. The molecule has 3 fully saturated rings. The summed E-state index contributed by atoms with van der Waals surface area (Å²) in [6, 6.07) is 0. The Morgan fingerprint density at radius 1 is 1.00 bits per heavy atom. The lowest BCUT2D eigenvalue weighted by atomic mass is 9.60. The van der Waals surface area contributed by atoms with Gasteiger partial charge in [-0.05, 0) is 66.1 Å². The molecule has 1 N–H and O–H groups in total. The van der Waals surface area contributed by atoms with Crippen LogP contribution in [-0.4, -0.2) is 11.1 Å². The van der Waals surface area contributed by atoms with Crippen molar-refractivity contribution in [2.75, 3.05) is 0 Å². The number of hydrogen-bond donors (Lipinski definition) is 1. The summed E-state index contributed by atoms with van der Waals surface area (Å²) in [7, 11) is 0. The number of carbonyl (C=O) groups is 1. The second kappa shape index (κ2) is 6.13. The molecule has 3 unspecified atom stereocenters. The summed E-state index contributed by atoms with van der Waals surface area (Å²) in [6.45, 7) is 13.6. The van der Waals surface area contributed by atoms with E-state index in [0.717, 1.165) is 11.5 Å². The predicted molar refractivity (Wildman–Crippen MR) is 103 cm³/mol. The lowest BCUT2D eigenvalue weighted by Crippen LogP contribution is -2.37. The summed E-state index contributed by atoms with van der Waals surface area (Å²) >= 11 is 0. The van der Waals surface area contributed by atoms with Gasteiger partial charge in [-0.3, -0.25) is 0 Å².